The van der Waals surface area contributed by atoms with E-state index in [0.717, 1.165) is 30.3 Å². The number of benzene rings is 5. The minimum Gasteiger partial charge on any atom is -0.505 e. The zero-order valence-electron chi connectivity index (χ0n) is 23.6. The zero-order valence-corrected chi connectivity index (χ0v) is 26.1. The number of nitrogen functional groups attached to an aromatic ring is 1. The van der Waals surface area contributed by atoms with Crippen molar-refractivity contribution in [3.05, 3.63) is 72.3 Å². The Labute approximate surface area is 269 Å². The average Bonchev–Trinajstić information content (AvgIpc) is 2.98. The highest BCUT2D eigenvalue weighted by Gasteiger charge is 2.25. The number of azo groups is 2. The summed E-state index contributed by atoms with van der Waals surface area (Å²) < 4.78 is 101. The van der Waals surface area contributed by atoms with Gasteiger partial charge in [0.05, 0.1) is 17.1 Å². The summed E-state index contributed by atoms with van der Waals surface area (Å²) in [6.07, 6.45) is 0. The largest absolute Gasteiger partial charge is 0.505 e. The molecule has 48 heavy (non-hydrogen) atoms. The van der Waals surface area contributed by atoms with Gasteiger partial charge in [0.1, 0.15) is 26.1 Å². The standard InChI is InChI=1S/C27H20N6O12S3/c28-19-11-18-14(8-20(19)46(37,38)39)9-22(48(43,44)45)24(26(18)35)33-31-16-6-3-13-7-21(47(40,41)42)23(25(34)17(13)10-16)32-30-15-4-1-12(2-5-15)27(29)36/h1-11,34-35H,28H2,(H2,29,36)(H,37,38,39)(H,40,41,42)(H,43,44,45). The van der Waals surface area contributed by atoms with Crippen LogP contribution in [0.3, 0.4) is 0 Å². The summed E-state index contributed by atoms with van der Waals surface area (Å²) in [5.41, 5.74) is 9.05. The first kappa shape index (κ1) is 33.8. The second-order valence-electron chi connectivity index (χ2n) is 9.90. The number of nitrogens with zero attached hydrogens (tertiary/aromatic N) is 4. The van der Waals surface area contributed by atoms with Crippen LogP contribution in [0.15, 0.2) is 102 Å². The molecule has 0 fully saturated rings. The number of hydrogen-bond donors (Lipinski definition) is 7. The number of phenolic OH excluding ortho intramolecular Hbond substituents is 2. The van der Waals surface area contributed by atoms with E-state index >= 15 is 0 Å². The molecular weight excluding hydrogens is 697 g/mol. The summed E-state index contributed by atoms with van der Waals surface area (Å²) in [5, 5.41) is 36.6. The van der Waals surface area contributed by atoms with Crippen LogP contribution in [0.1, 0.15) is 10.4 Å². The number of carbonyl (C=O) groups is 1. The SMILES string of the molecule is NC(=O)c1ccc(N=Nc2c(S(=O)(=O)O)cc3ccc(N=Nc4c(S(=O)(=O)O)cc5cc(S(=O)(=O)O)c(N)cc5c4O)cc3c2O)cc1. The third-order valence-corrected chi connectivity index (χ3v) is 9.38. The first-order chi connectivity index (χ1) is 22.3. The molecule has 5 rings (SSSR count). The normalized spacial score (nSPS) is 12.8. The molecule has 9 N–H and O–H groups in total. The third kappa shape index (κ3) is 6.62. The molecule has 0 atom stereocenters. The van der Waals surface area contributed by atoms with Gasteiger partial charge in [0, 0.05) is 16.3 Å². The molecule has 0 saturated heterocycles. The van der Waals surface area contributed by atoms with Gasteiger partial charge in [-0.25, -0.2) is 0 Å². The summed E-state index contributed by atoms with van der Waals surface area (Å²) in [4.78, 5) is 8.69. The molecule has 1 amide bonds. The van der Waals surface area contributed by atoms with E-state index in [9.17, 15) is 53.9 Å². The number of rotatable bonds is 8. The number of anilines is 1. The average molecular weight is 717 g/mol. The molecule has 0 aliphatic carbocycles. The van der Waals surface area contributed by atoms with Crippen molar-refractivity contribution in [1.29, 1.82) is 0 Å². The number of aromatic hydroxyl groups is 2. The fourth-order valence-electron chi connectivity index (χ4n) is 4.50. The summed E-state index contributed by atoms with van der Waals surface area (Å²) >= 11 is 0. The molecule has 5 aromatic carbocycles. The number of fused-ring (bicyclic) bond motifs is 2. The van der Waals surface area contributed by atoms with Crippen LogP contribution >= 0.6 is 0 Å². The Balaban J connectivity index is 1.64. The molecule has 0 saturated carbocycles. The van der Waals surface area contributed by atoms with Crippen molar-refractivity contribution in [3.63, 3.8) is 0 Å². The molecule has 21 heteroatoms. The van der Waals surface area contributed by atoms with E-state index in [1.807, 2.05) is 0 Å². The van der Waals surface area contributed by atoms with E-state index < -0.39 is 79.5 Å². The van der Waals surface area contributed by atoms with Gasteiger partial charge in [-0.2, -0.15) is 35.5 Å². The van der Waals surface area contributed by atoms with Crippen LogP contribution in [-0.4, -0.2) is 55.0 Å². The first-order valence-corrected chi connectivity index (χ1v) is 17.1. The highest BCUT2D eigenvalue weighted by Crippen LogP contribution is 2.45. The quantitative estimate of drug-likeness (QED) is 0.0653. The van der Waals surface area contributed by atoms with Gasteiger partial charge in [0.25, 0.3) is 30.4 Å². The predicted octanol–water partition coefficient (Wildman–Crippen LogP) is 4.66. The molecule has 5 aromatic rings. The highest BCUT2D eigenvalue weighted by molar-refractivity contribution is 7.86. The van der Waals surface area contributed by atoms with Gasteiger partial charge in [-0.1, -0.05) is 6.07 Å². The van der Waals surface area contributed by atoms with Gasteiger partial charge in [-0.05, 0) is 71.4 Å². The third-order valence-electron chi connectivity index (χ3n) is 6.73. The Bertz CT molecular complexity index is 2590. The second kappa shape index (κ2) is 11.9. The van der Waals surface area contributed by atoms with Crippen LogP contribution in [0, 0.1) is 0 Å². The van der Waals surface area contributed by atoms with Crippen molar-refractivity contribution in [2.75, 3.05) is 5.73 Å². The smallest absolute Gasteiger partial charge is 0.296 e. The van der Waals surface area contributed by atoms with Gasteiger partial charge >= 0.3 is 0 Å². The minimum absolute atomic E-state index is 0.0566. The Kier molecular flexibility index (Phi) is 8.37. The molecule has 0 radical (unpaired) electrons. The molecule has 0 unspecified atom stereocenters. The van der Waals surface area contributed by atoms with Gasteiger partial charge in [-0.3, -0.25) is 18.5 Å². The van der Waals surface area contributed by atoms with E-state index in [-0.39, 0.29) is 38.5 Å². The summed E-state index contributed by atoms with van der Waals surface area (Å²) in [6, 6.07) is 12.4. The molecule has 0 aliphatic heterocycles. The molecule has 248 valence electrons. The number of nitrogens with two attached hydrogens (primary N) is 2. The molecule has 0 heterocycles. The number of hydrogen-bond acceptors (Lipinski definition) is 14. The van der Waals surface area contributed by atoms with Crippen LogP contribution in [0.4, 0.5) is 28.4 Å². The van der Waals surface area contributed by atoms with Crippen molar-refractivity contribution >= 4 is 86.2 Å². The Morgan fingerprint density at radius 3 is 1.50 bits per heavy atom. The fourth-order valence-corrected chi connectivity index (χ4v) is 6.45. The van der Waals surface area contributed by atoms with Crippen LogP contribution < -0.4 is 11.5 Å². The van der Waals surface area contributed by atoms with Crippen LogP contribution in [0.5, 0.6) is 11.5 Å². The lowest BCUT2D eigenvalue weighted by Gasteiger charge is -2.11. The van der Waals surface area contributed by atoms with Crippen molar-refractivity contribution in [2.24, 2.45) is 26.2 Å². The lowest BCUT2D eigenvalue weighted by Crippen LogP contribution is -2.10. The van der Waals surface area contributed by atoms with Gasteiger partial charge in [0.15, 0.2) is 11.5 Å². The topological polar surface area (TPSA) is 322 Å². The maximum Gasteiger partial charge on any atom is 0.296 e. The Morgan fingerprint density at radius 1 is 0.562 bits per heavy atom. The number of phenols is 2. The maximum absolute atomic E-state index is 12.2. The maximum atomic E-state index is 12.2. The molecule has 0 bridgehead atoms. The Morgan fingerprint density at radius 2 is 1.00 bits per heavy atom. The molecule has 18 nitrogen and oxygen atoms in total. The predicted molar refractivity (Wildman–Crippen MR) is 168 cm³/mol. The van der Waals surface area contributed by atoms with Gasteiger partial charge in [-0.15, -0.1) is 10.2 Å². The molecular formula is C27H20N6O12S3. The van der Waals surface area contributed by atoms with Crippen molar-refractivity contribution in [2.45, 2.75) is 14.7 Å². The van der Waals surface area contributed by atoms with Gasteiger partial charge in [0.2, 0.25) is 5.91 Å². The van der Waals surface area contributed by atoms with Crippen LogP contribution in [0.25, 0.3) is 21.5 Å². The first-order valence-electron chi connectivity index (χ1n) is 12.8. The summed E-state index contributed by atoms with van der Waals surface area (Å²) in [5.74, 6) is -2.39. The molecule has 0 spiro atoms. The van der Waals surface area contributed by atoms with E-state index in [1.165, 1.54) is 36.4 Å². The van der Waals surface area contributed by atoms with Crippen molar-refractivity contribution in [3.8, 4) is 11.5 Å². The van der Waals surface area contributed by atoms with E-state index in [1.54, 1.807) is 0 Å². The second-order valence-corrected chi connectivity index (χ2v) is 14.1. The number of carbonyl (C=O) groups excluding carboxylic acids is 1. The summed E-state index contributed by atoms with van der Waals surface area (Å²) in [7, 11) is -15.0. The van der Waals surface area contributed by atoms with Crippen molar-refractivity contribution in [1.82, 2.24) is 0 Å². The number of primary amides is 1. The van der Waals surface area contributed by atoms with E-state index in [0.29, 0.717) is 0 Å². The fraction of sp³-hybridized carbons (Fsp3) is 0. The van der Waals surface area contributed by atoms with Crippen LogP contribution in [0.2, 0.25) is 0 Å². The Hall–Kier alpha value is -5.58. The van der Waals surface area contributed by atoms with E-state index in [2.05, 4.69) is 20.5 Å². The summed E-state index contributed by atoms with van der Waals surface area (Å²) in [6.45, 7) is 0. The number of amides is 1. The molecule has 0 aliphatic rings. The lowest BCUT2D eigenvalue weighted by atomic mass is 10.1. The monoisotopic (exact) mass is 716 g/mol. The van der Waals surface area contributed by atoms with Crippen LogP contribution in [-0.2, 0) is 30.4 Å². The highest BCUT2D eigenvalue weighted by atomic mass is 32.2. The van der Waals surface area contributed by atoms with Gasteiger partial charge < -0.3 is 21.7 Å². The minimum atomic E-state index is -5.14. The van der Waals surface area contributed by atoms with Crippen molar-refractivity contribution < 1.29 is 53.9 Å². The molecule has 0 aromatic heterocycles. The lowest BCUT2D eigenvalue weighted by molar-refractivity contribution is 0.1000. The zero-order chi connectivity index (χ0) is 35.3. The van der Waals surface area contributed by atoms with E-state index in [4.69, 9.17) is 11.5 Å².